The summed E-state index contributed by atoms with van der Waals surface area (Å²) >= 11 is 0. The lowest BCUT2D eigenvalue weighted by Gasteiger charge is -2.29. The average Bonchev–Trinajstić information content (AvgIpc) is 2.03. The summed E-state index contributed by atoms with van der Waals surface area (Å²) in [6.07, 6.45) is 0.643. The molecule has 0 spiro atoms. The molecule has 0 fully saturated rings. The van der Waals surface area contributed by atoms with Crippen LogP contribution < -0.4 is 11.1 Å². The van der Waals surface area contributed by atoms with Crippen LogP contribution in [0.4, 0.5) is 0 Å². The van der Waals surface area contributed by atoms with Gasteiger partial charge in [0.1, 0.15) is 5.54 Å². The number of primary amides is 1. The second-order valence-electron chi connectivity index (χ2n) is 2.76. The SMILES string of the molecule is CCNC(CC)(COC)C(N)=O. The predicted molar refractivity (Wildman–Crippen MR) is 47.8 cm³/mol. The minimum absolute atomic E-state index is 0.326. The van der Waals surface area contributed by atoms with Gasteiger partial charge in [-0.3, -0.25) is 4.79 Å². The molecule has 0 aliphatic heterocycles. The van der Waals surface area contributed by atoms with E-state index in [0.717, 1.165) is 0 Å². The van der Waals surface area contributed by atoms with Crippen molar-refractivity contribution in [2.45, 2.75) is 25.8 Å². The van der Waals surface area contributed by atoms with E-state index >= 15 is 0 Å². The van der Waals surface area contributed by atoms with Crippen LogP contribution in [0.1, 0.15) is 20.3 Å². The number of hydrogen-bond donors (Lipinski definition) is 2. The Labute approximate surface area is 73.5 Å². The highest BCUT2D eigenvalue weighted by molar-refractivity contribution is 5.84. The van der Waals surface area contributed by atoms with Crippen LogP contribution in [0, 0.1) is 0 Å². The lowest BCUT2D eigenvalue weighted by Crippen LogP contribution is -2.58. The molecular weight excluding hydrogens is 156 g/mol. The van der Waals surface area contributed by atoms with Gasteiger partial charge in [0.25, 0.3) is 0 Å². The standard InChI is InChI=1S/C8H18N2O2/c1-4-8(6-12-3,7(9)11)10-5-2/h10H,4-6H2,1-3H3,(H2,9,11). The molecule has 4 nitrogen and oxygen atoms in total. The fraction of sp³-hybridized carbons (Fsp3) is 0.875. The molecule has 72 valence electrons. The molecule has 1 unspecified atom stereocenters. The Morgan fingerprint density at radius 3 is 2.42 bits per heavy atom. The number of ether oxygens (including phenoxy) is 1. The zero-order valence-electron chi connectivity index (χ0n) is 8.02. The first kappa shape index (κ1) is 11.4. The van der Waals surface area contributed by atoms with Gasteiger partial charge in [-0.15, -0.1) is 0 Å². The Bertz CT molecular complexity index is 142. The number of rotatable bonds is 6. The maximum Gasteiger partial charge on any atom is 0.240 e. The Morgan fingerprint density at radius 2 is 2.17 bits per heavy atom. The van der Waals surface area contributed by atoms with Gasteiger partial charge in [0, 0.05) is 7.11 Å². The Balaban J connectivity index is 4.39. The molecule has 1 atom stereocenters. The van der Waals surface area contributed by atoms with Gasteiger partial charge < -0.3 is 15.8 Å². The van der Waals surface area contributed by atoms with E-state index in [2.05, 4.69) is 5.32 Å². The van der Waals surface area contributed by atoms with Crippen LogP contribution in [-0.2, 0) is 9.53 Å². The molecule has 0 aromatic carbocycles. The monoisotopic (exact) mass is 174 g/mol. The largest absolute Gasteiger partial charge is 0.382 e. The average molecular weight is 174 g/mol. The van der Waals surface area contributed by atoms with Crippen molar-refractivity contribution in [2.75, 3.05) is 20.3 Å². The number of nitrogens with two attached hydrogens (primary N) is 1. The zero-order chi connectivity index (χ0) is 9.61. The minimum atomic E-state index is -0.691. The van der Waals surface area contributed by atoms with Crippen molar-refractivity contribution in [3.05, 3.63) is 0 Å². The van der Waals surface area contributed by atoms with Crippen LogP contribution in [0.25, 0.3) is 0 Å². The summed E-state index contributed by atoms with van der Waals surface area (Å²) in [6, 6.07) is 0. The van der Waals surface area contributed by atoms with E-state index < -0.39 is 5.54 Å². The first-order valence-corrected chi connectivity index (χ1v) is 4.16. The Kier molecular flexibility index (Phi) is 4.85. The van der Waals surface area contributed by atoms with Gasteiger partial charge in [-0.1, -0.05) is 13.8 Å². The molecule has 12 heavy (non-hydrogen) atoms. The van der Waals surface area contributed by atoms with E-state index in [4.69, 9.17) is 10.5 Å². The Morgan fingerprint density at radius 1 is 1.58 bits per heavy atom. The normalized spacial score (nSPS) is 15.6. The minimum Gasteiger partial charge on any atom is -0.382 e. The lowest BCUT2D eigenvalue weighted by atomic mass is 9.96. The molecule has 0 radical (unpaired) electrons. The third-order valence-corrected chi connectivity index (χ3v) is 1.98. The highest BCUT2D eigenvalue weighted by Crippen LogP contribution is 2.09. The topological polar surface area (TPSA) is 64.3 Å². The smallest absolute Gasteiger partial charge is 0.240 e. The van der Waals surface area contributed by atoms with Crippen LogP contribution in [0.2, 0.25) is 0 Å². The molecule has 0 aliphatic carbocycles. The summed E-state index contributed by atoms with van der Waals surface area (Å²) in [7, 11) is 1.56. The van der Waals surface area contributed by atoms with Gasteiger partial charge in [0.15, 0.2) is 0 Å². The summed E-state index contributed by atoms with van der Waals surface area (Å²) in [5.41, 5.74) is 4.58. The van der Waals surface area contributed by atoms with Crippen molar-refractivity contribution in [3.63, 3.8) is 0 Å². The van der Waals surface area contributed by atoms with Gasteiger partial charge in [-0.25, -0.2) is 0 Å². The molecule has 0 aliphatic rings. The van der Waals surface area contributed by atoms with Gasteiger partial charge in [0.2, 0.25) is 5.91 Å². The zero-order valence-corrected chi connectivity index (χ0v) is 8.02. The summed E-state index contributed by atoms with van der Waals surface area (Å²) in [5, 5.41) is 3.05. The number of likely N-dealkylation sites (N-methyl/N-ethyl adjacent to an activating group) is 1. The van der Waals surface area contributed by atoms with E-state index in [-0.39, 0.29) is 5.91 Å². The number of hydrogen-bond acceptors (Lipinski definition) is 3. The predicted octanol–water partition coefficient (Wildman–Crippen LogP) is -0.124. The Hall–Kier alpha value is -0.610. The third kappa shape index (κ3) is 2.46. The third-order valence-electron chi connectivity index (χ3n) is 1.98. The van der Waals surface area contributed by atoms with Crippen molar-refractivity contribution in [2.24, 2.45) is 5.73 Å². The van der Waals surface area contributed by atoms with Gasteiger partial charge in [0.05, 0.1) is 6.61 Å². The van der Waals surface area contributed by atoms with Crippen molar-refractivity contribution in [1.82, 2.24) is 5.32 Å². The molecule has 0 heterocycles. The fourth-order valence-corrected chi connectivity index (χ4v) is 1.20. The summed E-state index contributed by atoms with van der Waals surface area (Å²) in [6.45, 7) is 4.88. The van der Waals surface area contributed by atoms with Crippen LogP contribution in [0.3, 0.4) is 0 Å². The van der Waals surface area contributed by atoms with Crippen LogP contribution in [0.15, 0.2) is 0 Å². The summed E-state index contributed by atoms with van der Waals surface area (Å²) in [5.74, 6) is -0.353. The maximum atomic E-state index is 11.1. The van der Waals surface area contributed by atoms with Crippen LogP contribution in [0.5, 0.6) is 0 Å². The molecule has 0 aromatic heterocycles. The molecule has 0 bridgehead atoms. The van der Waals surface area contributed by atoms with E-state index in [1.165, 1.54) is 0 Å². The van der Waals surface area contributed by atoms with Crippen molar-refractivity contribution >= 4 is 5.91 Å². The van der Waals surface area contributed by atoms with Gasteiger partial charge >= 0.3 is 0 Å². The maximum absolute atomic E-state index is 11.1. The molecule has 0 saturated carbocycles. The van der Waals surface area contributed by atoms with Crippen molar-refractivity contribution < 1.29 is 9.53 Å². The quantitative estimate of drug-likeness (QED) is 0.590. The van der Waals surface area contributed by atoms with Crippen molar-refractivity contribution in [1.29, 1.82) is 0 Å². The molecule has 0 aromatic rings. The van der Waals surface area contributed by atoms with E-state index in [0.29, 0.717) is 19.6 Å². The number of carbonyl (C=O) groups is 1. The van der Waals surface area contributed by atoms with Gasteiger partial charge in [-0.05, 0) is 13.0 Å². The van der Waals surface area contributed by atoms with Crippen LogP contribution >= 0.6 is 0 Å². The summed E-state index contributed by atoms with van der Waals surface area (Å²) < 4.78 is 4.95. The first-order valence-electron chi connectivity index (χ1n) is 4.16. The molecule has 0 rings (SSSR count). The highest BCUT2D eigenvalue weighted by Gasteiger charge is 2.33. The summed E-state index contributed by atoms with van der Waals surface area (Å²) in [4.78, 5) is 11.1. The van der Waals surface area contributed by atoms with E-state index in [1.807, 2.05) is 13.8 Å². The number of methoxy groups -OCH3 is 1. The molecular formula is C8H18N2O2. The number of nitrogens with one attached hydrogen (secondary N) is 1. The number of carbonyl (C=O) groups excluding carboxylic acids is 1. The highest BCUT2D eigenvalue weighted by atomic mass is 16.5. The fourth-order valence-electron chi connectivity index (χ4n) is 1.20. The molecule has 3 N–H and O–H groups in total. The number of amides is 1. The molecule has 0 saturated heterocycles. The molecule has 4 heteroatoms. The molecule has 1 amide bonds. The van der Waals surface area contributed by atoms with E-state index in [1.54, 1.807) is 7.11 Å². The van der Waals surface area contributed by atoms with E-state index in [9.17, 15) is 4.79 Å². The lowest BCUT2D eigenvalue weighted by molar-refractivity contribution is -0.126. The second-order valence-corrected chi connectivity index (χ2v) is 2.76. The second kappa shape index (κ2) is 5.11. The van der Waals surface area contributed by atoms with Gasteiger partial charge in [-0.2, -0.15) is 0 Å². The van der Waals surface area contributed by atoms with Crippen molar-refractivity contribution in [3.8, 4) is 0 Å². The first-order chi connectivity index (χ1) is 5.63. The van der Waals surface area contributed by atoms with Crippen LogP contribution in [-0.4, -0.2) is 31.7 Å².